The Hall–Kier alpha value is -1.31. The summed E-state index contributed by atoms with van der Waals surface area (Å²) >= 11 is 0. The molecule has 2 aliphatic heterocycles. The Kier molecular flexibility index (Phi) is 4.05. The van der Waals surface area contributed by atoms with Gasteiger partial charge in [0.05, 0.1) is 11.9 Å². The Labute approximate surface area is 125 Å². The first kappa shape index (κ1) is 14.6. The van der Waals surface area contributed by atoms with Gasteiger partial charge < -0.3 is 10.1 Å². The second kappa shape index (κ2) is 5.82. The molecule has 7 heteroatoms. The van der Waals surface area contributed by atoms with Gasteiger partial charge in [0.25, 0.3) is 0 Å². The number of piperazine rings is 1. The first-order valence-electron chi connectivity index (χ1n) is 7.20. The van der Waals surface area contributed by atoms with Crippen molar-refractivity contribution in [3.05, 3.63) is 23.8 Å². The van der Waals surface area contributed by atoms with Gasteiger partial charge in [0.1, 0.15) is 12.4 Å². The molecule has 0 saturated carbocycles. The molecule has 6 nitrogen and oxygen atoms in total. The molecule has 1 aromatic carbocycles. The summed E-state index contributed by atoms with van der Waals surface area (Å²) in [4.78, 5) is 2.27. The highest BCUT2D eigenvalue weighted by Gasteiger charge is 2.24. The van der Waals surface area contributed by atoms with Crippen molar-refractivity contribution < 1.29 is 13.2 Å². The third-order valence-corrected chi connectivity index (χ3v) is 5.26. The maximum absolute atomic E-state index is 11.5. The summed E-state index contributed by atoms with van der Waals surface area (Å²) in [5, 5.41) is 3.34. The predicted molar refractivity (Wildman–Crippen MR) is 82.1 cm³/mol. The molecule has 1 saturated heterocycles. The van der Waals surface area contributed by atoms with Crippen LogP contribution in [0.3, 0.4) is 0 Å². The zero-order chi connectivity index (χ0) is 14.9. The summed E-state index contributed by atoms with van der Waals surface area (Å²) in [5.74, 6) is 0.939. The van der Waals surface area contributed by atoms with Gasteiger partial charge in [-0.15, -0.1) is 0 Å². The molecule has 0 radical (unpaired) electrons. The van der Waals surface area contributed by atoms with Crippen LogP contribution in [0.15, 0.2) is 18.2 Å². The first-order valence-corrected chi connectivity index (χ1v) is 9.05. The smallest absolute Gasteiger partial charge is 0.211 e. The zero-order valence-corrected chi connectivity index (χ0v) is 13.0. The van der Waals surface area contributed by atoms with Crippen LogP contribution in [-0.2, 0) is 16.6 Å². The molecule has 3 rings (SSSR count). The van der Waals surface area contributed by atoms with E-state index in [0.717, 1.165) is 43.2 Å². The van der Waals surface area contributed by atoms with Crippen molar-refractivity contribution in [1.29, 1.82) is 0 Å². The van der Waals surface area contributed by atoms with Gasteiger partial charge in [-0.25, -0.2) is 8.42 Å². The lowest BCUT2D eigenvalue weighted by molar-refractivity contribution is 0.179. The summed E-state index contributed by atoms with van der Waals surface area (Å²) in [7, 11) is -3.06. The number of anilines is 1. The highest BCUT2D eigenvalue weighted by molar-refractivity contribution is 7.88. The number of rotatable bonds is 3. The maximum Gasteiger partial charge on any atom is 0.211 e. The second-order valence-corrected chi connectivity index (χ2v) is 7.49. The highest BCUT2D eigenvalue weighted by atomic mass is 32.2. The highest BCUT2D eigenvalue weighted by Crippen LogP contribution is 2.32. The quantitative estimate of drug-likeness (QED) is 0.884. The Morgan fingerprint density at radius 3 is 2.71 bits per heavy atom. The summed E-state index contributed by atoms with van der Waals surface area (Å²) in [5.41, 5.74) is 2.21. The summed E-state index contributed by atoms with van der Waals surface area (Å²) in [6.45, 7) is 4.95. The maximum atomic E-state index is 11.5. The number of hydrogen-bond acceptors (Lipinski definition) is 5. The summed E-state index contributed by atoms with van der Waals surface area (Å²) < 4.78 is 30.4. The van der Waals surface area contributed by atoms with E-state index in [9.17, 15) is 8.42 Å². The van der Waals surface area contributed by atoms with Gasteiger partial charge in [0.15, 0.2) is 0 Å². The average Bonchev–Trinajstić information content (AvgIpc) is 2.47. The molecule has 0 aromatic heterocycles. The fourth-order valence-electron chi connectivity index (χ4n) is 2.82. The third-order valence-electron chi connectivity index (χ3n) is 3.95. The molecule has 0 atom stereocenters. The van der Waals surface area contributed by atoms with Crippen LogP contribution in [0.5, 0.6) is 5.75 Å². The average molecular weight is 311 g/mol. The van der Waals surface area contributed by atoms with Crippen molar-refractivity contribution in [3.8, 4) is 5.75 Å². The van der Waals surface area contributed by atoms with Gasteiger partial charge in [-0.2, -0.15) is 4.31 Å². The zero-order valence-electron chi connectivity index (χ0n) is 12.2. The standard InChI is InChI=1S/C14H21N3O3S/c1-21(18,19)17-8-6-16(7-9-17)11-12-3-2-4-13-14(12)20-10-5-15-13/h2-4,15H,5-11H2,1H3. The molecular weight excluding hydrogens is 290 g/mol. The van der Waals surface area contributed by atoms with Crippen LogP contribution in [0.4, 0.5) is 5.69 Å². The predicted octanol–water partition coefficient (Wildman–Crippen LogP) is 0.568. The van der Waals surface area contributed by atoms with E-state index in [0.29, 0.717) is 19.7 Å². The van der Waals surface area contributed by atoms with Crippen LogP contribution in [-0.4, -0.2) is 63.2 Å². The number of sulfonamides is 1. The van der Waals surface area contributed by atoms with Crippen molar-refractivity contribution in [1.82, 2.24) is 9.21 Å². The van der Waals surface area contributed by atoms with Crippen LogP contribution < -0.4 is 10.1 Å². The van der Waals surface area contributed by atoms with E-state index in [1.54, 1.807) is 4.31 Å². The van der Waals surface area contributed by atoms with Crippen molar-refractivity contribution in [3.63, 3.8) is 0 Å². The molecule has 0 aliphatic carbocycles. The fourth-order valence-corrected chi connectivity index (χ4v) is 3.64. The molecular formula is C14H21N3O3S. The van der Waals surface area contributed by atoms with Crippen molar-refractivity contribution in [2.24, 2.45) is 0 Å². The molecule has 0 amide bonds. The van der Waals surface area contributed by atoms with E-state index in [-0.39, 0.29) is 0 Å². The lowest BCUT2D eigenvalue weighted by atomic mass is 10.1. The molecule has 1 aromatic rings. The Morgan fingerprint density at radius 2 is 2.00 bits per heavy atom. The molecule has 0 spiro atoms. The van der Waals surface area contributed by atoms with Crippen LogP contribution in [0.1, 0.15) is 5.56 Å². The molecule has 0 bridgehead atoms. The monoisotopic (exact) mass is 311 g/mol. The van der Waals surface area contributed by atoms with E-state index in [4.69, 9.17) is 4.74 Å². The topological polar surface area (TPSA) is 61.9 Å². The summed E-state index contributed by atoms with van der Waals surface area (Å²) in [6, 6.07) is 6.14. The molecule has 21 heavy (non-hydrogen) atoms. The van der Waals surface area contributed by atoms with Crippen molar-refractivity contribution >= 4 is 15.7 Å². The minimum Gasteiger partial charge on any atom is -0.489 e. The lowest BCUT2D eigenvalue weighted by Crippen LogP contribution is -2.47. The fraction of sp³-hybridized carbons (Fsp3) is 0.571. The number of nitrogens with zero attached hydrogens (tertiary/aromatic N) is 2. The van der Waals surface area contributed by atoms with E-state index in [1.165, 1.54) is 6.26 Å². The first-order chi connectivity index (χ1) is 10.0. The molecule has 0 unspecified atom stereocenters. The van der Waals surface area contributed by atoms with Crippen LogP contribution >= 0.6 is 0 Å². The van der Waals surface area contributed by atoms with Gasteiger partial charge in [0, 0.05) is 44.8 Å². The van der Waals surface area contributed by atoms with E-state index >= 15 is 0 Å². The van der Waals surface area contributed by atoms with Gasteiger partial charge in [0.2, 0.25) is 10.0 Å². The van der Waals surface area contributed by atoms with Gasteiger partial charge in [-0.3, -0.25) is 4.90 Å². The largest absolute Gasteiger partial charge is 0.489 e. The Balaban J connectivity index is 1.66. The van der Waals surface area contributed by atoms with E-state index < -0.39 is 10.0 Å². The molecule has 2 heterocycles. The number of nitrogens with one attached hydrogen (secondary N) is 1. The van der Waals surface area contributed by atoms with Crippen LogP contribution in [0.25, 0.3) is 0 Å². The van der Waals surface area contributed by atoms with Crippen molar-refractivity contribution in [2.75, 3.05) is 50.9 Å². The van der Waals surface area contributed by atoms with E-state index in [2.05, 4.69) is 16.3 Å². The second-order valence-electron chi connectivity index (χ2n) is 5.51. The third kappa shape index (κ3) is 3.30. The van der Waals surface area contributed by atoms with E-state index in [1.807, 2.05) is 12.1 Å². The van der Waals surface area contributed by atoms with Gasteiger partial charge >= 0.3 is 0 Å². The number of fused-ring (bicyclic) bond motifs is 1. The Bertz CT molecular complexity index is 610. The normalized spacial score (nSPS) is 20.4. The minimum atomic E-state index is -3.06. The number of ether oxygens (including phenoxy) is 1. The number of benzene rings is 1. The number of para-hydroxylation sites is 1. The minimum absolute atomic E-state index is 0.562. The molecule has 1 fully saturated rings. The van der Waals surface area contributed by atoms with Gasteiger partial charge in [-0.05, 0) is 6.07 Å². The lowest BCUT2D eigenvalue weighted by Gasteiger charge is -2.34. The van der Waals surface area contributed by atoms with Crippen LogP contribution in [0.2, 0.25) is 0 Å². The van der Waals surface area contributed by atoms with Gasteiger partial charge in [-0.1, -0.05) is 12.1 Å². The molecule has 1 N–H and O–H groups in total. The molecule has 2 aliphatic rings. The SMILES string of the molecule is CS(=O)(=O)N1CCN(Cc2cccc3c2OCCN3)CC1. The van der Waals surface area contributed by atoms with Crippen LogP contribution in [0, 0.1) is 0 Å². The Morgan fingerprint density at radius 1 is 1.24 bits per heavy atom. The summed E-state index contributed by atoms with van der Waals surface area (Å²) in [6.07, 6.45) is 1.27. The van der Waals surface area contributed by atoms with Crippen molar-refractivity contribution in [2.45, 2.75) is 6.54 Å². The number of hydrogen-bond donors (Lipinski definition) is 1. The molecule has 116 valence electrons.